The molecule has 0 amide bonds. The van der Waals surface area contributed by atoms with Crippen LogP contribution in [0.25, 0.3) is 0 Å². The molecule has 0 spiro atoms. The molecule has 0 radical (unpaired) electrons. The van der Waals surface area contributed by atoms with Crippen molar-refractivity contribution in [3.05, 3.63) is 35.4 Å². The summed E-state index contributed by atoms with van der Waals surface area (Å²) in [5, 5.41) is 0. The van der Waals surface area contributed by atoms with Gasteiger partial charge in [-0.05, 0) is 58.7 Å². The third-order valence-corrected chi connectivity index (χ3v) is 4.50. The first-order valence-electron chi connectivity index (χ1n) is 7.31. The molecule has 3 heteroatoms. The molecular formula is C16H27N3. The molecule has 1 aromatic rings. The zero-order valence-electron chi connectivity index (χ0n) is 12.4. The van der Waals surface area contributed by atoms with Gasteiger partial charge in [0.2, 0.25) is 0 Å². The van der Waals surface area contributed by atoms with E-state index in [1.54, 1.807) is 0 Å². The van der Waals surface area contributed by atoms with E-state index < -0.39 is 0 Å². The molecule has 1 aliphatic heterocycles. The number of hydrogen-bond acceptors (Lipinski definition) is 3. The number of nitrogens with zero attached hydrogens (tertiary/aromatic N) is 1. The summed E-state index contributed by atoms with van der Waals surface area (Å²) in [5.74, 6) is 5.84. The van der Waals surface area contributed by atoms with Crippen molar-refractivity contribution in [3.8, 4) is 0 Å². The fourth-order valence-electron chi connectivity index (χ4n) is 3.10. The molecule has 1 aliphatic rings. The van der Waals surface area contributed by atoms with E-state index in [4.69, 9.17) is 5.84 Å². The summed E-state index contributed by atoms with van der Waals surface area (Å²) in [4.78, 5) is 2.56. The molecule has 0 aromatic heterocycles. The van der Waals surface area contributed by atoms with Crippen LogP contribution in [0, 0.1) is 6.92 Å². The summed E-state index contributed by atoms with van der Waals surface area (Å²) >= 11 is 0. The fourth-order valence-corrected chi connectivity index (χ4v) is 3.10. The van der Waals surface area contributed by atoms with Crippen LogP contribution < -0.4 is 11.3 Å². The number of rotatable bonds is 5. The van der Waals surface area contributed by atoms with Crippen LogP contribution >= 0.6 is 0 Å². The fraction of sp³-hybridized carbons (Fsp3) is 0.625. The lowest BCUT2D eigenvalue weighted by Crippen LogP contribution is -2.59. The minimum atomic E-state index is 0.0923. The first-order valence-corrected chi connectivity index (χ1v) is 7.31. The quantitative estimate of drug-likeness (QED) is 0.631. The van der Waals surface area contributed by atoms with E-state index in [1.165, 1.54) is 37.1 Å². The molecule has 19 heavy (non-hydrogen) atoms. The maximum Gasteiger partial charge on any atom is 0.0429 e. The Balaban J connectivity index is 2.10. The molecule has 106 valence electrons. The third-order valence-electron chi connectivity index (χ3n) is 4.50. The van der Waals surface area contributed by atoms with Gasteiger partial charge in [-0.25, -0.2) is 0 Å². The highest BCUT2D eigenvalue weighted by Crippen LogP contribution is 2.26. The first-order chi connectivity index (χ1) is 9.04. The molecule has 1 fully saturated rings. The average molecular weight is 261 g/mol. The van der Waals surface area contributed by atoms with Gasteiger partial charge < -0.3 is 0 Å². The Morgan fingerprint density at radius 3 is 2.58 bits per heavy atom. The monoisotopic (exact) mass is 261 g/mol. The molecule has 0 saturated carbocycles. The van der Waals surface area contributed by atoms with Crippen LogP contribution in [0.5, 0.6) is 0 Å². The minimum absolute atomic E-state index is 0.0923. The van der Waals surface area contributed by atoms with Crippen LogP contribution in [-0.4, -0.2) is 29.6 Å². The van der Waals surface area contributed by atoms with Crippen molar-refractivity contribution in [2.75, 3.05) is 13.1 Å². The number of likely N-dealkylation sites (tertiary alicyclic amines) is 1. The largest absolute Gasteiger partial charge is 0.297 e. The minimum Gasteiger partial charge on any atom is -0.297 e. The number of nitrogens with one attached hydrogen (secondary N) is 1. The number of aryl methyl sites for hydroxylation is 1. The third kappa shape index (κ3) is 3.35. The topological polar surface area (TPSA) is 41.3 Å². The van der Waals surface area contributed by atoms with Crippen LogP contribution in [0.3, 0.4) is 0 Å². The Labute approximate surface area is 117 Å². The van der Waals surface area contributed by atoms with Crippen molar-refractivity contribution in [3.63, 3.8) is 0 Å². The Bertz CT molecular complexity index is 408. The summed E-state index contributed by atoms with van der Waals surface area (Å²) in [5.41, 5.74) is 5.81. The molecule has 1 heterocycles. The van der Waals surface area contributed by atoms with Crippen molar-refractivity contribution in [1.29, 1.82) is 0 Å². The molecule has 3 nitrogen and oxygen atoms in total. The average Bonchev–Trinajstić information content (AvgIpc) is 2.90. The molecule has 1 aromatic carbocycles. The lowest BCUT2D eigenvalue weighted by atomic mass is 9.88. The standard InChI is InChI=1S/C16H27N3/c1-13-7-6-8-14(11-13)12-15(18-17)16(2,3)19-9-4-5-10-19/h6-8,11,15,18H,4-5,9-10,12,17H2,1-3H3. The molecule has 2 rings (SSSR count). The lowest BCUT2D eigenvalue weighted by molar-refractivity contribution is 0.106. The van der Waals surface area contributed by atoms with E-state index in [2.05, 4.69) is 55.4 Å². The summed E-state index contributed by atoms with van der Waals surface area (Å²) < 4.78 is 0. The van der Waals surface area contributed by atoms with E-state index in [0.717, 1.165) is 6.42 Å². The van der Waals surface area contributed by atoms with Crippen molar-refractivity contribution in [1.82, 2.24) is 10.3 Å². The summed E-state index contributed by atoms with van der Waals surface area (Å²) in [6.45, 7) is 9.13. The zero-order valence-corrected chi connectivity index (χ0v) is 12.4. The highest BCUT2D eigenvalue weighted by molar-refractivity contribution is 5.23. The zero-order chi connectivity index (χ0) is 13.9. The number of benzene rings is 1. The van der Waals surface area contributed by atoms with Gasteiger partial charge in [-0.1, -0.05) is 29.8 Å². The van der Waals surface area contributed by atoms with Gasteiger partial charge in [-0.15, -0.1) is 0 Å². The van der Waals surface area contributed by atoms with Crippen LogP contribution in [0.4, 0.5) is 0 Å². The maximum absolute atomic E-state index is 5.84. The number of nitrogens with two attached hydrogens (primary N) is 1. The van der Waals surface area contributed by atoms with Gasteiger partial charge >= 0.3 is 0 Å². The second-order valence-corrected chi connectivity index (χ2v) is 6.26. The summed E-state index contributed by atoms with van der Waals surface area (Å²) in [6, 6.07) is 8.98. The summed E-state index contributed by atoms with van der Waals surface area (Å²) in [6.07, 6.45) is 3.60. The molecular weight excluding hydrogens is 234 g/mol. The van der Waals surface area contributed by atoms with Gasteiger partial charge in [-0.3, -0.25) is 16.2 Å². The van der Waals surface area contributed by atoms with E-state index in [0.29, 0.717) is 0 Å². The van der Waals surface area contributed by atoms with Crippen LogP contribution in [0.2, 0.25) is 0 Å². The van der Waals surface area contributed by atoms with Gasteiger partial charge in [0.05, 0.1) is 0 Å². The van der Waals surface area contributed by atoms with Gasteiger partial charge in [0.25, 0.3) is 0 Å². The molecule has 0 aliphatic carbocycles. The van der Waals surface area contributed by atoms with Crippen molar-refractivity contribution >= 4 is 0 Å². The van der Waals surface area contributed by atoms with Crippen LogP contribution in [-0.2, 0) is 6.42 Å². The first kappa shape index (κ1) is 14.5. The molecule has 3 N–H and O–H groups in total. The lowest BCUT2D eigenvalue weighted by Gasteiger charge is -2.42. The van der Waals surface area contributed by atoms with E-state index in [1.807, 2.05) is 0 Å². The van der Waals surface area contributed by atoms with Gasteiger partial charge in [0.15, 0.2) is 0 Å². The van der Waals surface area contributed by atoms with Crippen molar-refractivity contribution in [2.45, 2.75) is 51.6 Å². The van der Waals surface area contributed by atoms with Crippen molar-refractivity contribution < 1.29 is 0 Å². The van der Waals surface area contributed by atoms with Gasteiger partial charge in [-0.2, -0.15) is 0 Å². The Kier molecular flexibility index (Phi) is 4.61. The Morgan fingerprint density at radius 1 is 1.32 bits per heavy atom. The second-order valence-electron chi connectivity index (χ2n) is 6.26. The highest BCUT2D eigenvalue weighted by atomic mass is 15.3. The molecule has 1 atom stereocenters. The Hall–Kier alpha value is -0.900. The maximum atomic E-state index is 5.84. The normalized spacial score (nSPS) is 18.7. The Morgan fingerprint density at radius 2 is 2.00 bits per heavy atom. The predicted octanol–water partition coefficient (Wildman–Crippen LogP) is 2.24. The number of hydrazine groups is 1. The molecule has 1 unspecified atom stereocenters. The van der Waals surface area contributed by atoms with E-state index in [9.17, 15) is 0 Å². The predicted molar refractivity (Wildman–Crippen MR) is 80.9 cm³/mol. The van der Waals surface area contributed by atoms with Gasteiger partial charge in [0.1, 0.15) is 0 Å². The SMILES string of the molecule is Cc1cccc(CC(NN)C(C)(C)N2CCCC2)c1. The van der Waals surface area contributed by atoms with Crippen molar-refractivity contribution in [2.24, 2.45) is 5.84 Å². The summed E-state index contributed by atoms with van der Waals surface area (Å²) in [7, 11) is 0. The molecule has 1 saturated heterocycles. The van der Waals surface area contributed by atoms with E-state index in [-0.39, 0.29) is 11.6 Å². The van der Waals surface area contributed by atoms with Crippen LogP contribution in [0.15, 0.2) is 24.3 Å². The smallest absolute Gasteiger partial charge is 0.0429 e. The number of hydrogen-bond donors (Lipinski definition) is 2. The molecule has 0 bridgehead atoms. The highest BCUT2D eigenvalue weighted by Gasteiger charge is 2.36. The second kappa shape index (κ2) is 6.04. The van der Waals surface area contributed by atoms with Gasteiger partial charge in [0, 0.05) is 11.6 Å². The van der Waals surface area contributed by atoms with E-state index >= 15 is 0 Å². The van der Waals surface area contributed by atoms with Crippen LogP contribution in [0.1, 0.15) is 37.8 Å².